The van der Waals surface area contributed by atoms with Gasteiger partial charge in [0.15, 0.2) is 0 Å². The summed E-state index contributed by atoms with van der Waals surface area (Å²) in [5, 5.41) is 5.93. The summed E-state index contributed by atoms with van der Waals surface area (Å²) in [5.41, 5.74) is 4.26. The lowest BCUT2D eigenvalue weighted by Crippen LogP contribution is -2.35. The third-order valence-corrected chi connectivity index (χ3v) is 4.25. The molecule has 0 saturated carbocycles. The van der Waals surface area contributed by atoms with Crippen LogP contribution in [0.25, 0.3) is 21.9 Å². The number of anilines is 1. The zero-order valence-electron chi connectivity index (χ0n) is 13.1. The summed E-state index contributed by atoms with van der Waals surface area (Å²) in [4.78, 5) is 2.27. The number of rotatable bonds is 4. The SMILES string of the molecule is CCN(C)C(C)Nc1cc2oc3ccccc3c2cc1C. The third-order valence-electron chi connectivity index (χ3n) is 4.25. The fraction of sp³-hybridized carbons (Fsp3) is 0.333. The second-order valence-electron chi connectivity index (χ2n) is 5.66. The summed E-state index contributed by atoms with van der Waals surface area (Å²) in [6.07, 6.45) is 0.288. The number of fused-ring (bicyclic) bond motifs is 3. The Labute approximate surface area is 125 Å². The maximum absolute atomic E-state index is 5.96. The lowest BCUT2D eigenvalue weighted by Gasteiger charge is -2.25. The van der Waals surface area contributed by atoms with Gasteiger partial charge in [0.2, 0.25) is 0 Å². The molecule has 110 valence electrons. The Kier molecular flexibility index (Phi) is 3.60. The summed E-state index contributed by atoms with van der Waals surface area (Å²) in [6, 6.07) is 12.5. The van der Waals surface area contributed by atoms with Crippen molar-refractivity contribution in [3.8, 4) is 0 Å². The van der Waals surface area contributed by atoms with E-state index in [4.69, 9.17) is 4.42 Å². The second-order valence-corrected chi connectivity index (χ2v) is 5.66. The standard InChI is InChI=1S/C18H22N2O/c1-5-20(4)13(3)19-16-11-18-15(10-12(16)2)14-8-6-7-9-17(14)21-18/h6-11,13,19H,5H2,1-4H3. The van der Waals surface area contributed by atoms with Crippen molar-refractivity contribution >= 4 is 27.6 Å². The van der Waals surface area contributed by atoms with Crippen LogP contribution in [0.1, 0.15) is 19.4 Å². The molecule has 0 fully saturated rings. The summed E-state index contributed by atoms with van der Waals surface area (Å²) in [7, 11) is 2.12. The molecular formula is C18H22N2O. The van der Waals surface area contributed by atoms with Crippen LogP contribution >= 0.6 is 0 Å². The highest BCUT2D eigenvalue weighted by Crippen LogP contribution is 2.32. The highest BCUT2D eigenvalue weighted by molar-refractivity contribution is 6.06. The summed E-state index contributed by atoms with van der Waals surface area (Å²) >= 11 is 0. The predicted octanol–water partition coefficient (Wildman–Crippen LogP) is 4.60. The molecule has 1 heterocycles. The molecule has 3 nitrogen and oxygen atoms in total. The first-order valence-corrected chi connectivity index (χ1v) is 7.49. The van der Waals surface area contributed by atoms with Crippen molar-refractivity contribution in [1.29, 1.82) is 0 Å². The Hall–Kier alpha value is -2.00. The van der Waals surface area contributed by atoms with E-state index in [1.807, 2.05) is 12.1 Å². The van der Waals surface area contributed by atoms with Gasteiger partial charge >= 0.3 is 0 Å². The van der Waals surface area contributed by atoms with E-state index in [9.17, 15) is 0 Å². The quantitative estimate of drug-likeness (QED) is 0.709. The highest BCUT2D eigenvalue weighted by Gasteiger charge is 2.12. The maximum atomic E-state index is 5.96. The van der Waals surface area contributed by atoms with E-state index >= 15 is 0 Å². The van der Waals surface area contributed by atoms with Gasteiger partial charge in [-0.25, -0.2) is 0 Å². The van der Waals surface area contributed by atoms with Gasteiger partial charge in [0.25, 0.3) is 0 Å². The molecule has 2 aromatic carbocycles. The first kappa shape index (κ1) is 14.0. The van der Waals surface area contributed by atoms with E-state index in [1.54, 1.807) is 0 Å². The predicted molar refractivity (Wildman–Crippen MR) is 89.8 cm³/mol. The van der Waals surface area contributed by atoms with Gasteiger partial charge < -0.3 is 9.73 Å². The van der Waals surface area contributed by atoms with Gasteiger partial charge in [-0.2, -0.15) is 0 Å². The van der Waals surface area contributed by atoms with Crippen LogP contribution in [0.5, 0.6) is 0 Å². The number of hydrogen-bond acceptors (Lipinski definition) is 3. The zero-order chi connectivity index (χ0) is 15.0. The van der Waals surface area contributed by atoms with Crippen LogP contribution in [0.4, 0.5) is 5.69 Å². The number of aryl methyl sites for hydroxylation is 1. The number of hydrogen-bond donors (Lipinski definition) is 1. The molecule has 0 radical (unpaired) electrons. The summed E-state index contributed by atoms with van der Waals surface area (Å²) < 4.78 is 5.96. The van der Waals surface area contributed by atoms with Crippen molar-refractivity contribution in [1.82, 2.24) is 4.90 Å². The highest BCUT2D eigenvalue weighted by atomic mass is 16.3. The van der Waals surface area contributed by atoms with Gasteiger partial charge in [-0.15, -0.1) is 0 Å². The topological polar surface area (TPSA) is 28.4 Å². The van der Waals surface area contributed by atoms with Crippen molar-refractivity contribution in [3.63, 3.8) is 0 Å². The van der Waals surface area contributed by atoms with Crippen molar-refractivity contribution in [2.45, 2.75) is 26.9 Å². The summed E-state index contributed by atoms with van der Waals surface area (Å²) in [6.45, 7) is 7.49. The van der Waals surface area contributed by atoms with Crippen molar-refractivity contribution in [2.75, 3.05) is 18.9 Å². The molecule has 1 atom stereocenters. The molecule has 0 saturated heterocycles. The molecule has 3 rings (SSSR count). The van der Waals surface area contributed by atoms with Gasteiger partial charge in [0.1, 0.15) is 11.2 Å². The Morgan fingerprint density at radius 3 is 2.67 bits per heavy atom. The molecule has 21 heavy (non-hydrogen) atoms. The molecule has 3 heteroatoms. The molecule has 0 aliphatic carbocycles. The molecule has 0 bridgehead atoms. The minimum absolute atomic E-state index is 0.288. The lowest BCUT2D eigenvalue weighted by atomic mass is 10.1. The fourth-order valence-corrected chi connectivity index (χ4v) is 2.64. The number of furan rings is 1. The van der Waals surface area contributed by atoms with Gasteiger partial charge in [0, 0.05) is 22.5 Å². The molecule has 3 aromatic rings. The van der Waals surface area contributed by atoms with Gasteiger partial charge in [-0.05, 0) is 45.1 Å². The van der Waals surface area contributed by atoms with E-state index < -0.39 is 0 Å². The Morgan fingerprint density at radius 1 is 1.14 bits per heavy atom. The van der Waals surface area contributed by atoms with Crippen LogP contribution in [0.15, 0.2) is 40.8 Å². The second kappa shape index (κ2) is 5.41. The number of para-hydroxylation sites is 1. The zero-order valence-corrected chi connectivity index (χ0v) is 13.1. The van der Waals surface area contributed by atoms with Gasteiger partial charge in [-0.3, -0.25) is 4.90 Å². The molecular weight excluding hydrogens is 260 g/mol. The van der Waals surface area contributed by atoms with E-state index in [2.05, 4.69) is 62.3 Å². The van der Waals surface area contributed by atoms with Crippen LogP contribution in [0.2, 0.25) is 0 Å². The Balaban J connectivity index is 2.05. The van der Waals surface area contributed by atoms with E-state index in [0.29, 0.717) is 0 Å². The largest absolute Gasteiger partial charge is 0.456 e. The summed E-state index contributed by atoms with van der Waals surface area (Å²) in [5.74, 6) is 0. The molecule has 0 aliphatic heterocycles. The van der Waals surface area contributed by atoms with E-state index in [-0.39, 0.29) is 6.17 Å². The molecule has 0 aliphatic rings. The Morgan fingerprint density at radius 2 is 1.90 bits per heavy atom. The fourth-order valence-electron chi connectivity index (χ4n) is 2.64. The van der Waals surface area contributed by atoms with Crippen molar-refractivity contribution in [2.24, 2.45) is 0 Å². The number of nitrogens with zero attached hydrogens (tertiary/aromatic N) is 1. The average Bonchev–Trinajstić information content (AvgIpc) is 2.84. The third kappa shape index (κ3) is 2.49. The maximum Gasteiger partial charge on any atom is 0.137 e. The van der Waals surface area contributed by atoms with E-state index in [0.717, 1.165) is 23.4 Å². The minimum atomic E-state index is 0.288. The number of benzene rings is 2. The van der Waals surface area contributed by atoms with Crippen molar-refractivity contribution in [3.05, 3.63) is 42.0 Å². The van der Waals surface area contributed by atoms with Crippen LogP contribution in [0, 0.1) is 6.92 Å². The van der Waals surface area contributed by atoms with Crippen molar-refractivity contribution < 1.29 is 4.42 Å². The van der Waals surface area contributed by atoms with Crippen LogP contribution in [-0.2, 0) is 0 Å². The first-order chi connectivity index (χ1) is 10.1. The minimum Gasteiger partial charge on any atom is -0.456 e. The molecule has 1 aromatic heterocycles. The van der Waals surface area contributed by atoms with Crippen LogP contribution in [0.3, 0.4) is 0 Å². The Bertz CT molecular complexity index is 775. The lowest BCUT2D eigenvalue weighted by molar-refractivity contribution is 0.296. The first-order valence-electron chi connectivity index (χ1n) is 7.49. The van der Waals surface area contributed by atoms with Crippen LogP contribution < -0.4 is 5.32 Å². The smallest absolute Gasteiger partial charge is 0.137 e. The van der Waals surface area contributed by atoms with Gasteiger partial charge in [-0.1, -0.05) is 25.1 Å². The van der Waals surface area contributed by atoms with Gasteiger partial charge in [0.05, 0.1) is 6.17 Å². The monoisotopic (exact) mass is 282 g/mol. The molecule has 1 N–H and O–H groups in total. The molecule has 0 amide bonds. The average molecular weight is 282 g/mol. The normalized spacial score (nSPS) is 13.2. The van der Waals surface area contributed by atoms with Crippen LogP contribution in [-0.4, -0.2) is 24.7 Å². The molecule has 1 unspecified atom stereocenters. The van der Waals surface area contributed by atoms with E-state index in [1.165, 1.54) is 16.3 Å². The number of nitrogens with one attached hydrogen (secondary N) is 1. The molecule has 0 spiro atoms.